The lowest BCUT2D eigenvalue weighted by molar-refractivity contribution is 0.0123. The molecule has 0 atom stereocenters. The van der Waals surface area contributed by atoms with E-state index < -0.39 is 33.0 Å². The van der Waals surface area contributed by atoms with Crippen molar-refractivity contribution in [3.8, 4) is 0 Å². The molecule has 9 nitrogen and oxygen atoms in total. The number of sulfone groups is 1. The number of rotatable bonds is 3. The Labute approximate surface area is 148 Å². The van der Waals surface area contributed by atoms with Crippen molar-refractivity contribution >= 4 is 37.6 Å². The van der Waals surface area contributed by atoms with Gasteiger partial charge in [0.25, 0.3) is 0 Å². The van der Waals surface area contributed by atoms with Gasteiger partial charge in [0.05, 0.1) is 5.69 Å². The summed E-state index contributed by atoms with van der Waals surface area (Å²) in [6.45, 7) is 3.45. The Balaban J connectivity index is 1.93. The van der Waals surface area contributed by atoms with Gasteiger partial charge < -0.3 is 20.0 Å². The second-order valence-corrected chi connectivity index (χ2v) is 8.42. The smallest absolute Gasteiger partial charge is 0.319 e. The van der Waals surface area contributed by atoms with Crippen LogP contribution in [0.3, 0.4) is 0 Å². The van der Waals surface area contributed by atoms with Crippen LogP contribution in [-0.4, -0.2) is 37.3 Å². The molecule has 0 radical (unpaired) electrons. The largest absolute Gasteiger partial charge is 0.389 e. The third-order valence-corrected chi connectivity index (χ3v) is 5.36. The molecule has 0 bridgehead atoms. The minimum Gasteiger partial charge on any atom is -0.389 e. The zero-order valence-electron chi connectivity index (χ0n) is 14.3. The van der Waals surface area contributed by atoms with Crippen LogP contribution in [-0.2, 0) is 20.4 Å². The van der Waals surface area contributed by atoms with E-state index in [0.717, 1.165) is 6.07 Å². The first kappa shape index (κ1) is 18.1. The number of anilines is 1. The summed E-state index contributed by atoms with van der Waals surface area (Å²) in [6.07, 6.45) is 0.142. The van der Waals surface area contributed by atoms with E-state index in [4.69, 9.17) is 9.36 Å². The second-order valence-electron chi connectivity index (χ2n) is 6.43. The molecule has 1 aromatic carbocycles. The summed E-state index contributed by atoms with van der Waals surface area (Å²) in [5.41, 5.74) is -0.656. The lowest BCUT2D eigenvalue weighted by Gasteiger charge is -2.13. The maximum atomic E-state index is 14.0. The maximum Gasteiger partial charge on any atom is 0.319 e. The van der Waals surface area contributed by atoms with Crippen molar-refractivity contribution in [1.29, 1.82) is 0 Å². The number of carbonyl (C=O) groups is 1. The highest BCUT2D eigenvalue weighted by Crippen LogP contribution is 2.29. The van der Waals surface area contributed by atoms with E-state index in [-0.39, 0.29) is 33.8 Å². The van der Waals surface area contributed by atoms with Crippen molar-refractivity contribution in [2.45, 2.75) is 31.6 Å². The van der Waals surface area contributed by atoms with Crippen molar-refractivity contribution in [3.05, 3.63) is 23.6 Å². The summed E-state index contributed by atoms with van der Waals surface area (Å²) in [6, 6.07) is 1.69. The summed E-state index contributed by atoms with van der Waals surface area (Å²) in [7, 11) is -2.40. The zero-order valence-corrected chi connectivity index (χ0v) is 15.1. The van der Waals surface area contributed by atoms with Crippen molar-refractivity contribution in [1.82, 2.24) is 10.5 Å². The van der Waals surface area contributed by atoms with E-state index in [9.17, 15) is 17.6 Å². The third-order valence-electron chi connectivity index (χ3n) is 3.77. The molecule has 0 unspecified atom stereocenters. The van der Waals surface area contributed by atoms with Crippen LogP contribution in [0.25, 0.3) is 11.0 Å². The number of nitrogens with one attached hydrogen (secondary N) is 2. The molecule has 11 heteroatoms. The number of urea groups is 1. The summed E-state index contributed by atoms with van der Waals surface area (Å²) in [5, 5.41) is 12.2. The van der Waals surface area contributed by atoms with Gasteiger partial charge in [-0.15, -0.1) is 0 Å². The number of oxime groups is 1. The quantitative estimate of drug-likeness (QED) is 0.836. The molecule has 0 fully saturated rings. The fraction of sp³-hybridized carbons (Fsp3) is 0.400. The van der Waals surface area contributed by atoms with Gasteiger partial charge in [-0.1, -0.05) is 10.3 Å². The molecule has 1 aliphatic rings. The van der Waals surface area contributed by atoms with E-state index in [1.54, 1.807) is 13.8 Å². The van der Waals surface area contributed by atoms with Crippen molar-refractivity contribution in [2.75, 3.05) is 12.4 Å². The van der Waals surface area contributed by atoms with Gasteiger partial charge in [0, 0.05) is 24.9 Å². The van der Waals surface area contributed by atoms with Gasteiger partial charge in [0.15, 0.2) is 16.4 Å². The van der Waals surface area contributed by atoms with Crippen LogP contribution in [0.15, 0.2) is 21.8 Å². The topological polar surface area (TPSA) is 123 Å². The highest BCUT2D eigenvalue weighted by atomic mass is 32.2. The Bertz CT molecular complexity index is 1010. The maximum absolute atomic E-state index is 14.0. The molecular formula is C15H17FN4O5S. The fourth-order valence-corrected chi connectivity index (χ4v) is 3.88. The number of nitrogens with zero attached hydrogens (tertiary/aromatic N) is 2. The molecule has 26 heavy (non-hydrogen) atoms. The minimum absolute atomic E-state index is 0.0695. The number of hydrogen-bond acceptors (Lipinski definition) is 7. The Hall–Kier alpha value is -2.69. The molecule has 2 aromatic rings. The highest BCUT2D eigenvalue weighted by Gasteiger charge is 2.36. The van der Waals surface area contributed by atoms with Gasteiger partial charge in [0.2, 0.25) is 9.84 Å². The predicted octanol–water partition coefficient (Wildman–Crippen LogP) is 2.15. The van der Waals surface area contributed by atoms with Crippen LogP contribution in [0.1, 0.15) is 26.0 Å². The van der Waals surface area contributed by atoms with E-state index >= 15 is 0 Å². The van der Waals surface area contributed by atoms with E-state index in [2.05, 4.69) is 20.9 Å². The Morgan fingerprint density at radius 3 is 2.73 bits per heavy atom. The Morgan fingerprint density at radius 1 is 1.38 bits per heavy atom. The molecule has 0 aliphatic carbocycles. The summed E-state index contributed by atoms with van der Waals surface area (Å²) >= 11 is 0. The predicted molar refractivity (Wildman–Crippen MR) is 91.9 cm³/mol. The number of fused-ring (bicyclic) bond motifs is 1. The van der Waals surface area contributed by atoms with Gasteiger partial charge in [-0.3, -0.25) is 0 Å². The Kier molecular flexibility index (Phi) is 4.34. The van der Waals surface area contributed by atoms with Crippen LogP contribution < -0.4 is 10.6 Å². The molecule has 0 spiro atoms. The van der Waals surface area contributed by atoms with Gasteiger partial charge in [-0.25, -0.2) is 17.6 Å². The molecular weight excluding hydrogens is 367 g/mol. The van der Waals surface area contributed by atoms with E-state index in [0.29, 0.717) is 0 Å². The first-order valence-electron chi connectivity index (χ1n) is 7.66. The van der Waals surface area contributed by atoms with Gasteiger partial charge in [0.1, 0.15) is 17.0 Å². The van der Waals surface area contributed by atoms with E-state index in [1.807, 2.05) is 0 Å². The zero-order chi connectivity index (χ0) is 19.1. The van der Waals surface area contributed by atoms with Gasteiger partial charge >= 0.3 is 6.03 Å². The van der Waals surface area contributed by atoms with Crippen LogP contribution in [0.2, 0.25) is 0 Å². The standard InChI is InChI=1S/C15H17FN4O5S/c1-15(2)6-13(20-25-15)26(22,23)7-11-8-4-10(18-14(21)17-3)9(16)5-12(8)24-19-11/h4-5H,6-7H2,1-3H3,(H2,17,18,21). The van der Waals surface area contributed by atoms with Crippen LogP contribution in [0.4, 0.5) is 14.9 Å². The van der Waals surface area contributed by atoms with Gasteiger partial charge in [-0.05, 0) is 19.9 Å². The van der Waals surface area contributed by atoms with Crippen LogP contribution >= 0.6 is 0 Å². The lowest BCUT2D eigenvalue weighted by atomic mass is 10.1. The molecule has 2 heterocycles. The normalized spacial score (nSPS) is 16.2. The van der Waals surface area contributed by atoms with Crippen molar-refractivity contribution < 1.29 is 27.0 Å². The molecule has 1 aliphatic heterocycles. The van der Waals surface area contributed by atoms with Gasteiger partial charge in [-0.2, -0.15) is 0 Å². The van der Waals surface area contributed by atoms with E-state index in [1.165, 1.54) is 13.1 Å². The lowest BCUT2D eigenvalue weighted by Crippen LogP contribution is -2.25. The number of amides is 2. The Morgan fingerprint density at radius 2 is 2.12 bits per heavy atom. The SMILES string of the molecule is CNC(=O)Nc1cc2c(CS(=O)(=O)C3=NOC(C)(C)C3)noc2cc1F. The number of halogens is 1. The minimum atomic E-state index is -3.79. The summed E-state index contributed by atoms with van der Waals surface area (Å²) < 4.78 is 44.1. The average Bonchev–Trinajstić information content (AvgIpc) is 3.11. The molecule has 2 N–H and O–H groups in total. The first-order chi connectivity index (χ1) is 12.1. The second kappa shape index (κ2) is 6.24. The molecule has 1 aromatic heterocycles. The van der Waals surface area contributed by atoms with Crippen molar-refractivity contribution in [2.24, 2.45) is 5.16 Å². The number of hydrogen-bond donors (Lipinski definition) is 2. The molecule has 140 valence electrons. The summed E-state index contributed by atoms with van der Waals surface area (Å²) in [4.78, 5) is 16.5. The fourth-order valence-electron chi connectivity index (χ4n) is 2.43. The summed E-state index contributed by atoms with van der Waals surface area (Å²) in [5.74, 6) is -1.22. The van der Waals surface area contributed by atoms with Crippen LogP contribution in [0, 0.1) is 5.82 Å². The highest BCUT2D eigenvalue weighted by molar-refractivity contribution is 8.05. The molecule has 2 amide bonds. The van der Waals surface area contributed by atoms with Crippen LogP contribution in [0.5, 0.6) is 0 Å². The van der Waals surface area contributed by atoms with Crippen molar-refractivity contribution in [3.63, 3.8) is 0 Å². The molecule has 0 saturated carbocycles. The number of carbonyl (C=O) groups excluding carboxylic acids is 1. The molecule has 0 saturated heterocycles. The first-order valence-corrected chi connectivity index (χ1v) is 9.31. The molecule has 3 rings (SSSR count). The number of aromatic nitrogens is 1. The average molecular weight is 384 g/mol. The number of benzene rings is 1. The monoisotopic (exact) mass is 384 g/mol. The third kappa shape index (κ3) is 3.47.